The van der Waals surface area contributed by atoms with E-state index in [1.807, 2.05) is 12.1 Å². The molecule has 1 unspecified atom stereocenters. The second kappa shape index (κ2) is 9.75. The Kier molecular flexibility index (Phi) is 7.34. The molecule has 0 aromatic heterocycles. The lowest BCUT2D eigenvalue weighted by Crippen LogP contribution is -2.47. The summed E-state index contributed by atoms with van der Waals surface area (Å²) in [6.45, 7) is 3.17. The zero-order chi connectivity index (χ0) is 21.0. The van der Waals surface area contributed by atoms with Crippen molar-refractivity contribution in [2.45, 2.75) is 31.5 Å². The molecule has 0 saturated carbocycles. The number of hydrogen-bond acceptors (Lipinski definition) is 5. The second-order valence-electron chi connectivity index (χ2n) is 7.22. The number of ether oxygens (including phenoxy) is 1. The number of nitrogens with zero attached hydrogens (tertiary/aromatic N) is 2. The van der Waals surface area contributed by atoms with Gasteiger partial charge in [-0.25, -0.2) is 4.79 Å². The first-order valence-corrected chi connectivity index (χ1v) is 10.2. The molecule has 0 spiro atoms. The van der Waals surface area contributed by atoms with Gasteiger partial charge in [0.15, 0.2) is 0 Å². The standard InChI is InChI=1S/C19H24Cl2N4O4/c1-24-18(27)16(23-19(24)28)4-5-17(26)22-9-13-11-25(6-7-29-13)10-12-2-3-14(20)15(21)8-12/h2-3,8,13,16H,4-7,9-11H2,1H3,(H,22,26)(H,23,28)/t13-,16?/m0/s1. The Morgan fingerprint density at radius 3 is 2.79 bits per heavy atom. The van der Waals surface area contributed by atoms with E-state index in [1.54, 1.807) is 6.07 Å². The molecular weight excluding hydrogens is 419 g/mol. The van der Waals surface area contributed by atoms with Crippen LogP contribution < -0.4 is 10.6 Å². The maximum absolute atomic E-state index is 12.1. The van der Waals surface area contributed by atoms with Gasteiger partial charge in [-0.05, 0) is 24.1 Å². The predicted octanol–water partition coefficient (Wildman–Crippen LogP) is 1.64. The lowest BCUT2D eigenvalue weighted by molar-refractivity contribution is -0.127. The zero-order valence-electron chi connectivity index (χ0n) is 16.1. The van der Waals surface area contributed by atoms with Crippen LogP contribution in [0.4, 0.5) is 4.79 Å². The van der Waals surface area contributed by atoms with E-state index in [0.717, 1.165) is 23.6 Å². The molecule has 29 heavy (non-hydrogen) atoms. The fourth-order valence-corrected chi connectivity index (χ4v) is 3.69. The molecule has 2 heterocycles. The summed E-state index contributed by atoms with van der Waals surface area (Å²) in [5, 5.41) is 6.47. The third-order valence-corrected chi connectivity index (χ3v) is 5.77. The number of rotatable bonds is 7. The molecule has 2 atom stereocenters. The van der Waals surface area contributed by atoms with Gasteiger partial charge in [-0.3, -0.25) is 19.4 Å². The molecule has 158 valence electrons. The van der Waals surface area contributed by atoms with E-state index in [-0.39, 0.29) is 30.8 Å². The van der Waals surface area contributed by atoms with Crippen molar-refractivity contribution in [2.75, 3.05) is 33.3 Å². The lowest BCUT2D eigenvalue weighted by Gasteiger charge is -2.33. The number of nitrogens with one attached hydrogen (secondary N) is 2. The molecule has 8 nitrogen and oxygen atoms in total. The lowest BCUT2D eigenvalue weighted by atomic mass is 10.1. The number of imide groups is 1. The van der Waals surface area contributed by atoms with Crippen molar-refractivity contribution in [1.82, 2.24) is 20.4 Å². The maximum Gasteiger partial charge on any atom is 0.324 e. The number of benzene rings is 1. The summed E-state index contributed by atoms with van der Waals surface area (Å²) in [7, 11) is 1.42. The Labute approximate surface area is 179 Å². The molecule has 1 aromatic carbocycles. The maximum atomic E-state index is 12.1. The summed E-state index contributed by atoms with van der Waals surface area (Å²) < 4.78 is 5.74. The van der Waals surface area contributed by atoms with Crippen molar-refractivity contribution in [1.29, 1.82) is 0 Å². The van der Waals surface area contributed by atoms with Crippen LogP contribution in [0.25, 0.3) is 0 Å². The van der Waals surface area contributed by atoms with Crippen LogP contribution >= 0.6 is 23.2 Å². The smallest absolute Gasteiger partial charge is 0.324 e. The highest BCUT2D eigenvalue weighted by molar-refractivity contribution is 6.42. The number of carbonyl (C=O) groups is 3. The molecule has 1 aromatic rings. The summed E-state index contributed by atoms with van der Waals surface area (Å²) >= 11 is 12.0. The fourth-order valence-electron chi connectivity index (χ4n) is 3.37. The van der Waals surface area contributed by atoms with E-state index in [9.17, 15) is 14.4 Å². The van der Waals surface area contributed by atoms with Crippen LogP contribution in [0, 0.1) is 0 Å². The van der Waals surface area contributed by atoms with E-state index in [1.165, 1.54) is 7.05 Å². The molecule has 3 rings (SSSR count). The van der Waals surface area contributed by atoms with E-state index < -0.39 is 12.1 Å². The van der Waals surface area contributed by atoms with Gasteiger partial charge in [0, 0.05) is 39.6 Å². The first-order valence-electron chi connectivity index (χ1n) is 9.46. The minimum Gasteiger partial charge on any atom is -0.374 e. The summed E-state index contributed by atoms with van der Waals surface area (Å²) in [5.74, 6) is -0.483. The number of likely N-dealkylation sites (N-methyl/N-ethyl adjacent to an activating group) is 1. The highest BCUT2D eigenvalue weighted by atomic mass is 35.5. The minimum atomic E-state index is -0.633. The Hall–Kier alpha value is -1.87. The van der Waals surface area contributed by atoms with Crippen molar-refractivity contribution in [2.24, 2.45) is 0 Å². The first kappa shape index (κ1) is 21.8. The summed E-state index contributed by atoms with van der Waals surface area (Å²) in [6.07, 6.45) is 0.314. The van der Waals surface area contributed by atoms with Gasteiger partial charge in [-0.2, -0.15) is 0 Å². The number of hydrogen-bond donors (Lipinski definition) is 2. The Bertz CT molecular complexity index is 791. The third kappa shape index (κ3) is 5.82. The second-order valence-corrected chi connectivity index (χ2v) is 8.03. The van der Waals surface area contributed by atoms with Crippen LogP contribution in [-0.4, -0.2) is 73.1 Å². The average molecular weight is 443 g/mol. The van der Waals surface area contributed by atoms with Crippen LogP contribution in [0.3, 0.4) is 0 Å². The molecule has 0 bridgehead atoms. The number of halogens is 2. The first-order chi connectivity index (χ1) is 13.8. The Morgan fingerprint density at radius 2 is 2.10 bits per heavy atom. The predicted molar refractivity (Wildman–Crippen MR) is 109 cm³/mol. The van der Waals surface area contributed by atoms with Crippen LogP contribution in [0.2, 0.25) is 10.0 Å². The van der Waals surface area contributed by atoms with Gasteiger partial charge in [0.25, 0.3) is 5.91 Å². The van der Waals surface area contributed by atoms with Gasteiger partial charge in [0.2, 0.25) is 5.91 Å². The van der Waals surface area contributed by atoms with Crippen molar-refractivity contribution < 1.29 is 19.1 Å². The minimum absolute atomic E-state index is 0.116. The van der Waals surface area contributed by atoms with Crippen LogP contribution in [0.15, 0.2) is 18.2 Å². The highest BCUT2D eigenvalue weighted by Crippen LogP contribution is 2.23. The number of amides is 4. The number of morpholine rings is 1. The molecule has 10 heteroatoms. The Morgan fingerprint density at radius 1 is 1.31 bits per heavy atom. The summed E-state index contributed by atoms with van der Waals surface area (Å²) in [5.41, 5.74) is 1.07. The van der Waals surface area contributed by atoms with Gasteiger partial charge in [-0.15, -0.1) is 0 Å². The van der Waals surface area contributed by atoms with Gasteiger partial charge in [-0.1, -0.05) is 29.3 Å². The van der Waals surface area contributed by atoms with Crippen molar-refractivity contribution in [3.8, 4) is 0 Å². The molecular formula is C19H24Cl2N4O4. The van der Waals surface area contributed by atoms with Gasteiger partial charge >= 0.3 is 6.03 Å². The van der Waals surface area contributed by atoms with E-state index in [2.05, 4.69) is 15.5 Å². The van der Waals surface area contributed by atoms with Crippen LogP contribution in [-0.2, 0) is 20.9 Å². The summed E-state index contributed by atoms with van der Waals surface area (Å²) in [4.78, 5) is 38.6. The summed E-state index contributed by atoms with van der Waals surface area (Å²) in [6, 6.07) is 4.52. The molecule has 2 saturated heterocycles. The van der Waals surface area contributed by atoms with E-state index in [4.69, 9.17) is 27.9 Å². The van der Waals surface area contributed by atoms with Crippen LogP contribution in [0.1, 0.15) is 18.4 Å². The van der Waals surface area contributed by atoms with Gasteiger partial charge in [0.1, 0.15) is 6.04 Å². The SMILES string of the molecule is CN1C(=O)NC(CCC(=O)NC[C@H]2CN(Cc3ccc(Cl)c(Cl)c3)CCO2)C1=O. The third-order valence-electron chi connectivity index (χ3n) is 5.03. The molecule has 4 amide bonds. The van der Waals surface area contributed by atoms with Crippen molar-refractivity contribution in [3.63, 3.8) is 0 Å². The average Bonchev–Trinajstić information content (AvgIpc) is 2.94. The normalized spacial score (nSPS) is 22.7. The number of carbonyl (C=O) groups excluding carboxylic acids is 3. The van der Waals surface area contributed by atoms with E-state index >= 15 is 0 Å². The largest absolute Gasteiger partial charge is 0.374 e. The quantitative estimate of drug-likeness (QED) is 0.626. The molecule has 0 aliphatic carbocycles. The van der Waals surface area contributed by atoms with Crippen molar-refractivity contribution in [3.05, 3.63) is 33.8 Å². The van der Waals surface area contributed by atoms with Crippen molar-refractivity contribution >= 4 is 41.0 Å². The van der Waals surface area contributed by atoms with Gasteiger partial charge < -0.3 is 15.4 Å². The molecule has 2 aliphatic heterocycles. The zero-order valence-corrected chi connectivity index (χ0v) is 17.6. The van der Waals surface area contributed by atoms with Gasteiger partial charge in [0.05, 0.1) is 22.8 Å². The molecule has 0 radical (unpaired) electrons. The Balaban J connectivity index is 1.40. The molecule has 2 fully saturated rings. The molecule has 2 N–H and O–H groups in total. The van der Waals surface area contributed by atoms with Crippen LogP contribution in [0.5, 0.6) is 0 Å². The molecule has 2 aliphatic rings. The topological polar surface area (TPSA) is 91.0 Å². The van der Waals surface area contributed by atoms with E-state index in [0.29, 0.717) is 29.7 Å². The monoisotopic (exact) mass is 442 g/mol. The number of urea groups is 1. The fraction of sp³-hybridized carbons (Fsp3) is 0.526. The highest BCUT2D eigenvalue weighted by Gasteiger charge is 2.35.